The average Bonchev–Trinajstić information content (AvgIpc) is 2.80. The van der Waals surface area contributed by atoms with E-state index in [1.165, 1.54) is 11.1 Å². The van der Waals surface area contributed by atoms with E-state index in [1.807, 2.05) is 31.2 Å². The number of benzene rings is 2. The summed E-state index contributed by atoms with van der Waals surface area (Å²) >= 11 is 1.58. The maximum Gasteiger partial charge on any atom is 0.242 e. The van der Waals surface area contributed by atoms with E-state index in [0.29, 0.717) is 25.3 Å². The predicted octanol–water partition coefficient (Wildman–Crippen LogP) is 4.96. The molecular weight excluding hydrogens is 420 g/mol. The molecule has 2 amide bonds. The molecule has 0 aromatic heterocycles. The molecule has 0 spiro atoms. The third-order valence-electron chi connectivity index (χ3n) is 5.32. The second kappa shape index (κ2) is 13.8. The zero-order valence-corrected chi connectivity index (χ0v) is 20.5. The lowest BCUT2D eigenvalue weighted by atomic mass is 10.1. The fourth-order valence-corrected chi connectivity index (χ4v) is 4.29. The van der Waals surface area contributed by atoms with Gasteiger partial charge in [-0.25, -0.2) is 0 Å². The van der Waals surface area contributed by atoms with Gasteiger partial charge in [-0.2, -0.15) is 0 Å². The van der Waals surface area contributed by atoms with Crippen molar-refractivity contribution in [1.82, 2.24) is 10.2 Å². The maximum atomic E-state index is 13.3. The van der Waals surface area contributed by atoms with Gasteiger partial charge >= 0.3 is 0 Å². The monoisotopic (exact) mass is 456 g/mol. The van der Waals surface area contributed by atoms with E-state index < -0.39 is 6.04 Å². The molecule has 32 heavy (non-hydrogen) atoms. The van der Waals surface area contributed by atoms with Gasteiger partial charge in [-0.1, -0.05) is 62.2 Å². The third-order valence-corrected chi connectivity index (χ3v) is 6.31. The van der Waals surface area contributed by atoms with Gasteiger partial charge in [0, 0.05) is 18.8 Å². The first-order valence-corrected chi connectivity index (χ1v) is 12.5. The Morgan fingerprint density at radius 3 is 2.50 bits per heavy atom. The molecule has 0 saturated heterocycles. The molecule has 0 heterocycles. The lowest BCUT2D eigenvalue weighted by Gasteiger charge is -2.30. The van der Waals surface area contributed by atoms with Crippen LogP contribution < -0.4 is 10.1 Å². The Labute approximate surface area is 196 Å². The maximum absolute atomic E-state index is 13.3. The van der Waals surface area contributed by atoms with Crippen LogP contribution in [0.2, 0.25) is 0 Å². The fraction of sp³-hybridized carbons (Fsp3) is 0.462. The number of hydrogen-bond acceptors (Lipinski definition) is 4. The van der Waals surface area contributed by atoms with Gasteiger partial charge in [0.15, 0.2) is 0 Å². The number of nitrogens with one attached hydrogen (secondary N) is 1. The Hall–Kier alpha value is -2.47. The number of hydrogen-bond donors (Lipinski definition) is 1. The van der Waals surface area contributed by atoms with Gasteiger partial charge in [-0.15, -0.1) is 11.8 Å². The van der Waals surface area contributed by atoms with E-state index in [4.69, 9.17) is 4.74 Å². The normalized spacial score (nSPS) is 11.6. The number of aryl methyl sites for hydroxylation is 1. The second-order valence-corrected chi connectivity index (χ2v) is 8.91. The Kier molecular flexibility index (Phi) is 11.2. The molecule has 0 aliphatic carbocycles. The van der Waals surface area contributed by atoms with Crippen molar-refractivity contribution in [3.8, 4) is 5.75 Å². The van der Waals surface area contributed by atoms with Crippen LogP contribution in [0.25, 0.3) is 0 Å². The summed E-state index contributed by atoms with van der Waals surface area (Å²) < 4.78 is 5.33. The van der Waals surface area contributed by atoms with Gasteiger partial charge in [-0.3, -0.25) is 9.59 Å². The number of ether oxygens (including phenoxy) is 1. The molecule has 2 rings (SSSR count). The summed E-state index contributed by atoms with van der Waals surface area (Å²) in [5, 5.41) is 3.00. The highest BCUT2D eigenvalue weighted by molar-refractivity contribution is 7.99. The van der Waals surface area contributed by atoms with Crippen LogP contribution in [0, 0.1) is 6.92 Å². The van der Waals surface area contributed by atoms with Crippen molar-refractivity contribution in [2.45, 2.75) is 58.4 Å². The summed E-state index contributed by atoms with van der Waals surface area (Å²) in [6.07, 6.45) is 2.51. The van der Waals surface area contributed by atoms with Crippen LogP contribution in [0.3, 0.4) is 0 Å². The minimum atomic E-state index is -0.495. The van der Waals surface area contributed by atoms with E-state index in [9.17, 15) is 9.59 Å². The van der Waals surface area contributed by atoms with Crippen LogP contribution in [0.4, 0.5) is 0 Å². The number of rotatable bonds is 13. The van der Waals surface area contributed by atoms with Gasteiger partial charge < -0.3 is 15.0 Å². The highest BCUT2D eigenvalue weighted by Gasteiger charge is 2.28. The molecule has 174 valence electrons. The molecular formula is C26H36N2O3S. The first-order chi connectivity index (χ1) is 15.5. The predicted molar refractivity (Wildman–Crippen MR) is 133 cm³/mol. The second-order valence-electron chi connectivity index (χ2n) is 7.92. The van der Waals surface area contributed by atoms with Crippen molar-refractivity contribution < 1.29 is 14.3 Å². The van der Waals surface area contributed by atoms with E-state index in [0.717, 1.165) is 29.9 Å². The van der Waals surface area contributed by atoms with E-state index in [-0.39, 0.29) is 11.8 Å². The van der Waals surface area contributed by atoms with Gasteiger partial charge in [-0.05, 0) is 43.0 Å². The van der Waals surface area contributed by atoms with Crippen molar-refractivity contribution in [3.05, 3.63) is 65.2 Å². The number of amides is 2. The van der Waals surface area contributed by atoms with E-state index in [2.05, 4.69) is 43.4 Å². The van der Waals surface area contributed by atoms with Gasteiger partial charge in [0.2, 0.25) is 11.8 Å². The number of thioether (sulfide) groups is 1. The van der Waals surface area contributed by atoms with E-state index >= 15 is 0 Å². The van der Waals surface area contributed by atoms with Crippen LogP contribution in [-0.2, 0) is 21.9 Å². The highest BCUT2D eigenvalue weighted by Crippen LogP contribution is 2.20. The molecule has 0 saturated carbocycles. The fourth-order valence-electron chi connectivity index (χ4n) is 3.42. The molecule has 1 N–H and O–H groups in total. The summed E-state index contributed by atoms with van der Waals surface area (Å²) in [4.78, 5) is 27.9. The summed E-state index contributed by atoms with van der Waals surface area (Å²) in [6.45, 7) is 7.12. The first-order valence-electron chi connectivity index (χ1n) is 11.3. The topological polar surface area (TPSA) is 58.6 Å². The lowest BCUT2D eigenvalue weighted by Crippen LogP contribution is -2.49. The van der Waals surface area contributed by atoms with Crippen LogP contribution >= 0.6 is 11.8 Å². The number of methoxy groups -OCH3 is 1. The Morgan fingerprint density at radius 2 is 1.84 bits per heavy atom. The van der Waals surface area contributed by atoms with Gasteiger partial charge in [0.05, 0.1) is 12.9 Å². The molecule has 2 aromatic rings. The van der Waals surface area contributed by atoms with Crippen molar-refractivity contribution in [2.24, 2.45) is 0 Å². The summed E-state index contributed by atoms with van der Waals surface area (Å²) in [7, 11) is 1.62. The molecule has 5 nitrogen and oxygen atoms in total. The number of unbranched alkanes of at least 4 members (excludes halogenated alkanes) is 1. The van der Waals surface area contributed by atoms with Crippen molar-refractivity contribution >= 4 is 23.6 Å². The van der Waals surface area contributed by atoms with Crippen LogP contribution in [-0.4, -0.2) is 42.2 Å². The van der Waals surface area contributed by atoms with Crippen LogP contribution in [0.15, 0.2) is 48.5 Å². The summed E-state index contributed by atoms with van der Waals surface area (Å²) in [5.74, 6) is 1.72. The lowest BCUT2D eigenvalue weighted by molar-refractivity contribution is -0.139. The van der Waals surface area contributed by atoms with Gasteiger partial charge in [0.25, 0.3) is 0 Å². The standard InChI is InChI=1S/C26H36N2O3S/c1-5-7-15-27-26(30)24(6-2)28(17-22-9-8-10-23(16-22)31-4)25(29)19-32-18-21-13-11-20(3)12-14-21/h8-14,16,24H,5-7,15,17-19H2,1-4H3,(H,27,30)/t24-/m1/s1. The summed E-state index contributed by atoms with van der Waals surface area (Å²) in [6, 6.07) is 15.5. The van der Waals surface area contributed by atoms with Crippen LogP contribution in [0.1, 0.15) is 49.8 Å². The van der Waals surface area contributed by atoms with Crippen molar-refractivity contribution in [1.29, 1.82) is 0 Å². The molecule has 0 unspecified atom stereocenters. The molecule has 6 heteroatoms. The molecule has 0 aliphatic heterocycles. The zero-order valence-electron chi connectivity index (χ0n) is 19.7. The number of carbonyl (C=O) groups is 2. The zero-order chi connectivity index (χ0) is 23.3. The number of carbonyl (C=O) groups excluding carboxylic acids is 2. The molecule has 0 radical (unpaired) electrons. The summed E-state index contributed by atoms with van der Waals surface area (Å²) in [5.41, 5.74) is 3.36. The Balaban J connectivity index is 2.12. The molecule has 1 atom stereocenters. The largest absolute Gasteiger partial charge is 0.497 e. The Morgan fingerprint density at radius 1 is 1.09 bits per heavy atom. The quantitative estimate of drug-likeness (QED) is 0.433. The molecule has 0 aliphatic rings. The van der Waals surface area contributed by atoms with Gasteiger partial charge in [0.1, 0.15) is 11.8 Å². The molecule has 0 bridgehead atoms. The minimum Gasteiger partial charge on any atom is -0.497 e. The minimum absolute atomic E-state index is 0.0255. The SMILES string of the molecule is CCCCNC(=O)[C@@H](CC)N(Cc1cccc(OC)c1)C(=O)CSCc1ccc(C)cc1. The third kappa shape index (κ3) is 8.23. The van der Waals surface area contributed by atoms with Crippen molar-refractivity contribution in [2.75, 3.05) is 19.4 Å². The van der Waals surface area contributed by atoms with Crippen LogP contribution in [0.5, 0.6) is 5.75 Å². The highest BCUT2D eigenvalue weighted by atomic mass is 32.2. The average molecular weight is 457 g/mol. The van der Waals surface area contributed by atoms with Crippen molar-refractivity contribution in [3.63, 3.8) is 0 Å². The smallest absolute Gasteiger partial charge is 0.242 e. The molecule has 2 aromatic carbocycles. The number of nitrogens with zero attached hydrogens (tertiary/aromatic N) is 1. The molecule has 0 fully saturated rings. The first kappa shape index (κ1) is 25.8. The van der Waals surface area contributed by atoms with E-state index in [1.54, 1.807) is 23.8 Å². The Bertz CT molecular complexity index is 854.